The Morgan fingerprint density at radius 3 is 2.35 bits per heavy atom. The highest BCUT2D eigenvalue weighted by atomic mass is 35.5. The molecule has 0 atom stereocenters. The molecular formula is C22H11ClF5N5O. The topological polar surface area (TPSA) is 69.1 Å². The summed E-state index contributed by atoms with van der Waals surface area (Å²) in [5.41, 5.74) is -0.573. The van der Waals surface area contributed by atoms with Crippen LogP contribution in [0.3, 0.4) is 0 Å². The van der Waals surface area contributed by atoms with E-state index in [1.165, 1.54) is 40.8 Å². The van der Waals surface area contributed by atoms with Gasteiger partial charge in [0.1, 0.15) is 17.0 Å². The van der Waals surface area contributed by atoms with Crippen LogP contribution in [0.15, 0.2) is 59.9 Å². The third-order valence-electron chi connectivity index (χ3n) is 5.18. The molecule has 0 radical (unpaired) electrons. The van der Waals surface area contributed by atoms with E-state index in [9.17, 15) is 22.0 Å². The summed E-state index contributed by atoms with van der Waals surface area (Å²) in [6.45, 7) is 3.71. The summed E-state index contributed by atoms with van der Waals surface area (Å²) in [4.78, 5) is 8.12. The Balaban J connectivity index is 1.92. The lowest BCUT2D eigenvalue weighted by Crippen LogP contribution is -2.34. The molecule has 0 N–H and O–H groups in total. The number of benzene rings is 1. The summed E-state index contributed by atoms with van der Waals surface area (Å²) in [6, 6.07) is 9.87. The molecule has 0 amide bonds. The number of imidazole rings is 1. The summed E-state index contributed by atoms with van der Waals surface area (Å²) in [5, 5.41) is 8.05. The van der Waals surface area contributed by atoms with Gasteiger partial charge in [-0.2, -0.15) is 22.0 Å². The van der Waals surface area contributed by atoms with Crippen molar-refractivity contribution in [2.75, 3.05) is 0 Å². The number of pyridine rings is 2. The van der Waals surface area contributed by atoms with Crippen LogP contribution < -0.4 is 0 Å². The zero-order valence-corrected chi connectivity index (χ0v) is 17.6. The summed E-state index contributed by atoms with van der Waals surface area (Å²) >= 11 is 5.93. The third-order valence-corrected chi connectivity index (χ3v) is 5.43. The van der Waals surface area contributed by atoms with Crippen molar-refractivity contribution in [3.05, 3.63) is 71.8 Å². The zero-order valence-electron chi connectivity index (χ0n) is 16.8. The molecule has 0 saturated heterocycles. The van der Waals surface area contributed by atoms with Gasteiger partial charge in [-0.25, -0.2) is 9.97 Å². The normalized spacial score (nSPS) is 12.5. The second kappa shape index (κ2) is 7.59. The molecule has 0 spiro atoms. The standard InChI is InChI=1S/C22H11ClF5N5O/c1-2-15-18(20-32-29-10-34-20)31-17-8-7-13-14(11-3-5-12(23)6-4-11)9-16(30-19(13)33(15)17)21(24,25)22(26,27)28/h2-10H,1H2. The molecule has 0 bridgehead atoms. The molecule has 0 unspecified atom stereocenters. The van der Waals surface area contributed by atoms with Crippen LogP contribution >= 0.6 is 11.6 Å². The quantitative estimate of drug-likeness (QED) is 0.267. The molecular weight excluding hydrogens is 481 g/mol. The molecule has 5 rings (SSSR count). The van der Waals surface area contributed by atoms with Crippen LogP contribution in [0.5, 0.6) is 0 Å². The minimum atomic E-state index is -5.86. The molecule has 0 aliphatic rings. The van der Waals surface area contributed by atoms with Crippen LogP contribution in [0.4, 0.5) is 22.0 Å². The highest BCUT2D eigenvalue weighted by Gasteiger charge is 2.60. The minimum absolute atomic E-state index is 0.0152. The van der Waals surface area contributed by atoms with Crippen LogP contribution in [0.2, 0.25) is 5.02 Å². The van der Waals surface area contributed by atoms with Gasteiger partial charge in [-0.15, -0.1) is 10.2 Å². The molecule has 34 heavy (non-hydrogen) atoms. The van der Waals surface area contributed by atoms with E-state index >= 15 is 0 Å². The lowest BCUT2D eigenvalue weighted by atomic mass is 10.00. The number of aromatic nitrogens is 5. The van der Waals surface area contributed by atoms with Gasteiger partial charge in [-0.05, 0) is 47.5 Å². The van der Waals surface area contributed by atoms with Crippen LogP contribution in [0.25, 0.3) is 45.5 Å². The van der Waals surface area contributed by atoms with Crippen molar-refractivity contribution in [1.82, 2.24) is 24.6 Å². The Labute approximate surface area is 192 Å². The lowest BCUT2D eigenvalue weighted by Gasteiger charge is -2.21. The van der Waals surface area contributed by atoms with Gasteiger partial charge in [0.2, 0.25) is 6.39 Å². The maximum Gasteiger partial charge on any atom is 0.459 e. The van der Waals surface area contributed by atoms with Gasteiger partial charge < -0.3 is 4.42 Å². The molecule has 4 aromatic heterocycles. The Hall–Kier alpha value is -3.86. The van der Waals surface area contributed by atoms with Crippen molar-refractivity contribution in [2.24, 2.45) is 0 Å². The molecule has 172 valence electrons. The van der Waals surface area contributed by atoms with Crippen molar-refractivity contribution in [3.8, 4) is 22.7 Å². The molecule has 0 fully saturated rings. The summed E-state index contributed by atoms with van der Waals surface area (Å²) < 4.78 is 75.3. The van der Waals surface area contributed by atoms with Gasteiger partial charge in [-0.3, -0.25) is 4.40 Å². The van der Waals surface area contributed by atoms with Crippen molar-refractivity contribution in [2.45, 2.75) is 12.1 Å². The lowest BCUT2D eigenvalue weighted by molar-refractivity contribution is -0.290. The highest BCUT2D eigenvalue weighted by Crippen LogP contribution is 2.45. The Kier molecular flexibility index (Phi) is 4.90. The van der Waals surface area contributed by atoms with Crippen LogP contribution in [0.1, 0.15) is 11.4 Å². The summed E-state index contributed by atoms with van der Waals surface area (Å²) in [5.74, 6) is -5.20. The number of fused-ring (bicyclic) bond motifs is 3. The molecule has 5 aromatic rings. The number of hydrogen-bond donors (Lipinski definition) is 0. The Morgan fingerprint density at radius 2 is 1.74 bits per heavy atom. The maximum absolute atomic E-state index is 14.5. The molecule has 12 heteroatoms. The maximum atomic E-state index is 14.5. The Bertz CT molecular complexity index is 1540. The van der Waals surface area contributed by atoms with Gasteiger partial charge in [0.25, 0.3) is 5.89 Å². The molecule has 6 nitrogen and oxygen atoms in total. The van der Waals surface area contributed by atoms with Crippen LogP contribution in [-0.2, 0) is 5.92 Å². The molecule has 1 aromatic carbocycles. The number of alkyl halides is 5. The summed E-state index contributed by atoms with van der Waals surface area (Å²) in [7, 11) is 0. The van der Waals surface area contributed by atoms with E-state index in [2.05, 4.69) is 26.7 Å². The number of nitrogens with zero attached hydrogens (tertiary/aromatic N) is 5. The van der Waals surface area contributed by atoms with Crippen molar-refractivity contribution in [1.29, 1.82) is 0 Å². The highest BCUT2D eigenvalue weighted by molar-refractivity contribution is 6.30. The monoisotopic (exact) mass is 491 g/mol. The fourth-order valence-corrected chi connectivity index (χ4v) is 3.74. The van der Waals surface area contributed by atoms with E-state index in [0.29, 0.717) is 16.0 Å². The molecule has 4 heterocycles. The van der Waals surface area contributed by atoms with Gasteiger partial charge in [0.15, 0.2) is 5.69 Å². The summed E-state index contributed by atoms with van der Waals surface area (Å²) in [6.07, 6.45) is -3.44. The van der Waals surface area contributed by atoms with E-state index in [-0.39, 0.29) is 34.1 Å². The zero-order chi connectivity index (χ0) is 24.3. The van der Waals surface area contributed by atoms with Crippen LogP contribution in [-0.4, -0.2) is 30.7 Å². The average Bonchev–Trinajstić information content (AvgIpc) is 3.45. The predicted molar refractivity (Wildman–Crippen MR) is 114 cm³/mol. The van der Waals surface area contributed by atoms with Gasteiger partial charge in [0, 0.05) is 10.4 Å². The smallest absolute Gasteiger partial charge is 0.422 e. The van der Waals surface area contributed by atoms with Crippen molar-refractivity contribution >= 4 is 34.4 Å². The van der Waals surface area contributed by atoms with Gasteiger partial charge >= 0.3 is 12.1 Å². The second-order valence-corrected chi connectivity index (χ2v) is 7.63. The van der Waals surface area contributed by atoms with E-state index in [4.69, 9.17) is 16.0 Å². The first-order valence-electron chi connectivity index (χ1n) is 9.58. The van der Waals surface area contributed by atoms with E-state index in [1.807, 2.05) is 0 Å². The van der Waals surface area contributed by atoms with Crippen molar-refractivity contribution in [3.63, 3.8) is 0 Å². The molecule has 0 aliphatic carbocycles. The van der Waals surface area contributed by atoms with Gasteiger partial charge in [0.05, 0.1) is 5.69 Å². The molecule has 0 aliphatic heterocycles. The first-order valence-corrected chi connectivity index (χ1v) is 9.96. The minimum Gasteiger partial charge on any atom is -0.422 e. The average molecular weight is 492 g/mol. The number of rotatable bonds is 4. The first-order chi connectivity index (χ1) is 16.1. The van der Waals surface area contributed by atoms with E-state index in [0.717, 1.165) is 12.5 Å². The third kappa shape index (κ3) is 3.31. The Morgan fingerprint density at radius 1 is 1.00 bits per heavy atom. The number of halogens is 6. The van der Waals surface area contributed by atoms with E-state index < -0.39 is 17.8 Å². The largest absolute Gasteiger partial charge is 0.459 e. The predicted octanol–water partition coefficient (Wildman–Crippen LogP) is 6.55. The molecule has 0 saturated carbocycles. The fourth-order valence-electron chi connectivity index (χ4n) is 3.62. The van der Waals surface area contributed by atoms with E-state index in [1.54, 1.807) is 6.07 Å². The van der Waals surface area contributed by atoms with Gasteiger partial charge in [-0.1, -0.05) is 30.3 Å². The van der Waals surface area contributed by atoms with Crippen molar-refractivity contribution < 1.29 is 26.4 Å². The number of hydrogen-bond acceptors (Lipinski definition) is 5. The second-order valence-electron chi connectivity index (χ2n) is 7.19. The van der Waals surface area contributed by atoms with Crippen LogP contribution in [0, 0.1) is 0 Å². The fraction of sp³-hybridized carbons (Fsp3) is 0.0909. The first kappa shape index (κ1) is 22.0. The SMILES string of the molecule is C=Cc1c(-c2nnco2)nc2ccc3c(-c4ccc(Cl)cc4)cc(C(F)(F)C(F)(F)F)nc3n12.